The first-order valence-corrected chi connectivity index (χ1v) is 8.64. The molecule has 0 bridgehead atoms. The Kier molecular flexibility index (Phi) is 6.79. The summed E-state index contributed by atoms with van der Waals surface area (Å²) in [6.07, 6.45) is 1.07. The Morgan fingerprint density at radius 2 is 2.10 bits per heavy atom. The second-order valence-electron chi connectivity index (χ2n) is 4.39. The van der Waals surface area contributed by atoms with Gasteiger partial charge >= 0.3 is 5.97 Å². The van der Waals surface area contributed by atoms with Crippen molar-refractivity contribution in [3.05, 3.63) is 17.5 Å². The number of likely N-dealkylation sites (N-methyl/N-ethyl adjacent to an activating group) is 1. The van der Waals surface area contributed by atoms with E-state index in [0.717, 1.165) is 15.6 Å². The summed E-state index contributed by atoms with van der Waals surface area (Å²) in [7, 11) is -2.28. The van der Waals surface area contributed by atoms with E-state index in [-0.39, 0.29) is 17.2 Å². The van der Waals surface area contributed by atoms with E-state index in [0.29, 0.717) is 19.4 Å². The minimum atomic E-state index is -3.62. The van der Waals surface area contributed by atoms with Crippen LogP contribution in [0.25, 0.3) is 0 Å². The SMILES string of the molecule is CN(CC(=O)NCCCCC(=O)O)S(=O)(=O)c1cccs1. The lowest BCUT2D eigenvalue weighted by atomic mass is 10.2. The number of carbonyl (C=O) groups is 2. The van der Waals surface area contributed by atoms with Crippen molar-refractivity contribution in [3.8, 4) is 0 Å². The Balaban J connectivity index is 2.36. The Morgan fingerprint density at radius 3 is 2.67 bits per heavy atom. The maximum absolute atomic E-state index is 12.1. The molecule has 9 heteroatoms. The number of nitrogens with zero attached hydrogens (tertiary/aromatic N) is 1. The van der Waals surface area contributed by atoms with Gasteiger partial charge in [-0.25, -0.2) is 8.42 Å². The highest BCUT2D eigenvalue weighted by Gasteiger charge is 2.23. The molecule has 0 unspecified atom stereocenters. The summed E-state index contributed by atoms with van der Waals surface area (Å²) < 4.78 is 25.3. The minimum Gasteiger partial charge on any atom is -0.481 e. The summed E-state index contributed by atoms with van der Waals surface area (Å²) in [4.78, 5) is 21.9. The fourth-order valence-corrected chi connectivity index (χ4v) is 3.86. The van der Waals surface area contributed by atoms with Crippen LogP contribution >= 0.6 is 11.3 Å². The van der Waals surface area contributed by atoms with Gasteiger partial charge in [-0.2, -0.15) is 4.31 Å². The smallest absolute Gasteiger partial charge is 0.303 e. The molecular weight excluding hydrogens is 316 g/mol. The van der Waals surface area contributed by atoms with Crippen LogP contribution in [0.5, 0.6) is 0 Å². The highest BCUT2D eigenvalue weighted by Crippen LogP contribution is 2.19. The molecule has 118 valence electrons. The molecule has 0 aromatic carbocycles. The average molecular weight is 334 g/mol. The molecule has 1 heterocycles. The average Bonchev–Trinajstić information content (AvgIpc) is 2.92. The lowest BCUT2D eigenvalue weighted by molar-refractivity contribution is -0.137. The number of nitrogens with one attached hydrogen (secondary N) is 1. The zero-order chi connectivity index (χ0) is 15.9. The number of amides is 1. The van der Waals surface area contributed by atoms with Crippen molar-refractivity contribution in [2.24, 2.45) is 0 Å². The number of carbonyl (C=O) groups excluding carboxylic acids is 1. The number of carboxylic acid groups (broad SMARTS) is 1. The fourth-order valence-electron chi connectivity index (χ4n) is 1.54. The molecule has 7 nitrogen and oxygen atoms in total. The number of aliphatic carboxylic acids is 1. The first-order chi connectivity index (χ1) is 9.84. The molecule has 21 heavy (non-hydrogen) atoms. The maximum Gasteiger partial charge on any atom is 0.303 e. The topological polar surface area (TPSA) is 104 Å². The van der Waals surface area contributed by atoms with Crippen LogP contribution in [0.4, 0.5) is 0 Å². The van der Waals surface area contributed by atoms with Crippen LogP contribution in [0.2, 0.25) is 0 Å². The molecular formula is C12H18N2O5S2. The van der Waals surface area contributed by atoms with Crippen LogP contribution in [0.3, 0.4) is 0 Å². The molecule has 0 aliphatic heterocycles. The zero-order valence-electron chi connectivity index (χ0n) is 11.6. The number of thiophene rings is 1. The molecule has 1 amide bonds. The molecule has 0 saturated carbocycles. The summed E-state index contributed by atoms with van der Waals surface area (Å²) in [6.45, 7) is 0.0676. The van der Waals surface area contributed by atoms with Gasteiger partial charge in [-0.05, 0) is 24.3 Å². The van der Waals surface area contributed by atoms with Gasteiger partial charge < -0.3 is 10.4 Å². The largest absolute Gasteiger partial charge is 0.481 e. The van der Waals surface area contributed by atoms with Crippen LogP contribution in [0.15, 0.2) is 21.7 Å². The van der Waals surface area contributed by atoms with Crippen LogP contribution in [-0.2, 0) is 19.6 Å². The van der Waals surface area contributed by atoms with Gasteiger partial charge in [-0.3, -0.25) is 9.59 Å². The molecule has 0 spiro atoms. The van der Waals surface area contributed by atoms with Crippen molar-refractivity contribution in [3.63, 3.8) is 0 Å². The van der Waals surface area contributed by atoms with Gasteiger partial charge in [0.15, 0.2) is 0 Å². The van der Waals surface area contributed by atoms with Gasteiger partial charge in [-0.15, -0.1) is 11.3 Å². The van der Waals surface area contributed by atoms with E-state index in [9.17, 15) is 18.0 Å². The molecule has 1 aromatic rings. The van der Waals surface area contributed by atoms with Crippen LogP contribution in [-0.4, -0.2) is 49.8 Å². The molecule has 0 saturated heterocycles. The summed E-state index contributed by atoms with van der Waals surface area (Å²) >= 11 is 1.10. The van der Waals surface area contributed by atoms with Crippen molar-refractivity contribution in [1.29, 1.82) is 0 Å². The minimum absolute atomic E-state index is 0.0581. The molecule has 0 aliphatic carbocycles. The highest BCUT2D eigenvalue weighted by atomic mass is 32.2. The summed E-state index contributed by atoms with van der Waals surface area (Å²) in [6, 6.07) is 3.12. The first kappa shape index (κ1) is 17.6. The normalized spacial score (nSPS) is 11.5. The van der Waals surface area contributed by atoms with E-state index in [1.165, 1.54) is 13.1 Å². The predicted octanol–water partition coefficient (Wildman–Crippen LogP) is 0.740. The van der Waals surface area contributed by atoms with Crippen molar-refractivity contribution >= 4 is 33.2 Å². The van der Waals surface area contributed by atoms with Gasteiger partial charge in [0.2, 0.25) is 5.91 Å². The van der Waals surface area contributed by atoms with Gasteiger partial charge in [0.1, 0.15) is 4.21 Å². The number of rotatable bonds is 9. The van der Waals surface area contributed by atoms with Crippen LogP contribution in [0, 0.1) is 0 Å². The third kappa shape index (κ3) is 5.82. The molecule has 0 atom stereocenters. The third-order valence-corrected chi connectivity index (χ3v) is 5.84. The third-order valence-electron chi connectivity index (χ3n) is 2.67. The predicted molar refractivity (Wildman–Crippen MR) is 78.6 cm³/mol. The number of hydrogen-bond donors (Lipinski definition) is 2. The van der Waals surface area contributed by atoms with E-state index in [1.54, 1.807) is 11.4 Å². The second kappa shape index (κ2) is 8.11. The van der Waals surface area contributed by atoms with Crippen LogP contribution < -0.4 is 5.32 Å². The van der Waals surface area contributed by atoms with E-state index in [4.69, 9.17) is 5.11 Å². The van der Waals surface area contributed by atoms with Gasteiger partial charge in [0.25, 0.3) is 10.0 Å². The van der Waals surface area contributed by atoms with E-state index >= 15 is 0 Å². The number of unbranched alkanes of at least 4 members (excludes halogenated alkanes) is 1. The highest BCUT2D eigenvalue weighted by molar-refractivity contribution is 7.91. The van der Waals surface area contributed by atoms with E-state index in [2.05, 4.69) is 5.32 Å². The summed E-state index contributed by atoms with van der Waals surface area (Å²) in [5, 5.41) is 12.7. The van der Waals surface area contributed by atoms with E-state index in [1.807, 2.05) is 0 Å². The zero-order valence-corrected chi connectivity index (χ0v) is 13.2. The first-order valence-electron chi connectivity index (χ1n) is 6.32. The van der Waals surface area contributed by atoms with Crippen LogP contribution in [0.1, 0.15) is 19.3 Å². The van der Waals surface area contributed by atoms with E-state index < -0.39 is 21.9 Å². The number of sulfonamides is 1. The van der Waals surface area contributed by atoms with Gasteiger partial charge in [0, 0.05) is 20.0 Å². The summed E-state index contributed by atoms with van der Waals surface area (Å²) in [5.74, 6) is -1.28. The molecule has 0 fully saturated rings. The molecule has 0 radical (unpaired) electrons. The molecule has 2 N–H and O–H groups in total. The Hall–Kier alpha value is -1.45. The van der Waals surface area contributed by atoms with Gasteiger partial charge in [0.05, 0.1) is 6.54 Å². The van der Waals surface area contributed by atoms with Crippen molar-refractivity contribution < 1.29 is 23.1 Å². The van der Waals surface area contributed by atoms with Crippen molar-refractivity contribution in [2.75, 3.05) is 20.1 Å². The Bertz CT molecular complexity index is 568. The quantitative estimate of drug-likeness (QED) is 0.648. The lowest BCUT2D eigenvalue weighted by Crippen LogP contribution is -2.38. The Morgan fingerprint density at radius 1 is 1.38 bits per heavy atom. The standard InChI is InChI=1S/C12H18N2O5S2/c1-14(21(18,19)12-6-4-8-20-12)9-10(15)13-7-3-2-5-11(16)17/h4,6,8H,2-3,5,7,9H2,1H3,(H,13,15)(H,16,17). The molecule has 1 aromatic heterocycles. The number of carboxylic acids is 1. The lowest BCUT2D eigenvalue weighted by Gasteiger charge is -2.15. The monoisotopic (exact) mass is 334 g/mol. The second-order valence-corrected chi connectivity index (χ2v) is 7.61. The van der Waals surface area contributed by atoms with Gasteiger partial charge in [-0.1, -0.05) is 6.07 Å². The Labute approximate surface area is 127 Å². The number of hydrogen-bond acceptors (Lipinski definition) is 5. The van der Waals surface area contributed by atoms with Crippen molar-refractivity contribution in [1.82, 2.24) is 9.62 Å². The fraction of sp³-hybridized carbons (Fsp3) is 0.500. The summed E-state index contributed by atoms with van der Waals surface area (Å²) in [5.41, 5.74) is 0. The van der Waals surface area contributed by atoms with Crippen molar-refractivity contribution in [2.45, 2.75) is 23.5 Å². The molecule has 1 rings (SSSR count). The maximum atomic E-state index is 12.1. The molecule has 0 aliphatic rings.